The number of aromatic nitrogens is 3. The molecule has 0 atom stereocenters. The van der Waals surface area contributed by atoms with E-state index < -0.39 is 5.97 Å². The number of aromatic amines is 1. The van der Waals surface area contributed by atoms with Crippen LogP contribution in [0.25, 0.3) is 10.6 Å². The van der Waals surface area contributed by atoms with Crippen molar-refractivity contribution in [2.45, 2.75) is 13.3 Å². The Morgan fingerprint density at radius 3 is 2.88 bits per heavy atom. The first kappa shape index (κ1) is 10.6. The summed E-state index contributed by atoms with van der Waals surface area (Å²) in [5.41, 5.74) is 6.87. The number of nitrogens with zero attached hydrogens (tertiary/aromatic N) is 2. The van der Waals surface area contributed by atoms with Crippen LogP contribution in [0.1, 0.15) is 22.3 Å². The molecule has 6 nitrogen and oxygen atoms in total. The minimum Gasteiger partial charge on any atom is -0.477 e. The molecule has 0 saturated heterocycles. The largest absolute Gasteiger partial charge is 0.477 e. The molecule has 0 aliphatic rings. The molecule has 0 aliphatic heterocycles. The fraction of sp³-hybridized carbons (Fsp3) is 0.222. The predicted molar refractivity (Wildman–Crippen MR) is 60.4 cm³/mol. The van der Waals surface area contributed by atoms with Crippen LogP contribution in [0, 0.1) is 0 Å². The first-order chi connectivity index (χ1) is 7.63. The van der Waals surface area contributed by atoms with Gasteiger partial charge in [0.15, 0.2) is 0 Å². The van der Waals surface area contributed by atoms with Gasteiger partial charge in [0.2, 0.25) is 0 Å². The number of carboxylic acids is 1. The van der Waals surface area contributed by atoms with Crippen LogP contribution in [-0.4, -0.2) is 26.3 Å². The number of aryl methyl sites for hydroxylation is 1. The highest BCUT2D eigenvalue weighted by Gasteiger charge is 2.18. The number of carboxylic acid groups (broad SMARTS) is 1. The average molecular weight is 238 g/mol. The van der Waals surface area contributed by atoms with Crippen molar-refractivity contribution < 1.29 is 9.90 Å². The van der Waals surface area contributed by atoms with Gasteiger partial charge < -0.3 is 10.8 Å². The number of nitrogen functional groups attached to an aromatic ring is 1. The van der Waals surface area contributed by atoms with Crippen LogP contribution in [0.3, 0.4) is 0 Å². The Kier molecular flexibility index (Phi) is 2.61. The Morgan fingerprint density at radius 1 is 1.69 bits per heavy atom. The molecule has 0 radical (unpaired) electrons. The monoisotopic (exact) mass is 238 g/mol. The Bertz CT molecular complexity index is 531. The summed E-state index contributed by atoms with van der Waals surface area (Å²) in [6.07, 6.45) is 2.12. The third kappa shape index (κ3) is 1.65. The van der Waals surface area contributed by atoms with E-state index in [1.165, 1.54) is 0 Å². The molecule has 0 spiro atoms. The number of anilines is 1. The van der Waals surface area contributed by atoms with E-state index in [0.29, 0.717) is 28.5 Å². The second-order valence-corrected chi connectivity index (χ2v) is 4.15. The molecule has 7 heteroatoms. The maximum atomic E-state index is 11.0. The van der Waals surface area contributed by atoms with E-state index in [1.54, 1.807) is 6.20 Å². The van der Waals surface area contributed by atoms with Gasteiger partial charge >= 0.3 is 5.97 Å². The number of hydrogen-bond donors (Lipinski definition) is 3. The minimum absolute atomic E-state index is 0.262. The molecule has 0 fully saturated rings. The molecule has 2 aromatic rings. The van der Waals surface area contributed by atoms with Gasteiger partial charge in [0.1, 0.15) is 15.7 Å². The molecule has 84 valence electrons. The summed E-state index contributed by atoms with van der Waals surface area (Å²) in [5.74, 6) is -0.559. The maximum Gasteiger partial charge on any atom is 0.347 e. The van der Waals surface area contributed by atoms with Gasteiger partial charge in [-0.1, -0.05) is 6.92 Å². The van der Waals surface area contributed by atoms with Gasteiger partial charge in [-0.3, -0.25) is 5.10 Å². The Morgan fingerprint density at radius 2 is 2.44 bits per heavy atom. The second-order valence-electron chi connectivity index (χ2n) is 3.15. The average Bonchev–Trinajstić information content (AvgIpc) is 2.82. The van der Waals surface area contributed by atoms with E-state index in [0.717, 1.165) is 11.3 Å². The van der Waals surface area contributed by atoms with Crippen LogP contribution >= 0.6 is 11.3 Å². The minimum atomic E-state index is -0.956. The van der Waals surface area contributed by atoms with Gasteiger partial charge in [0.05, 0.1) is 17.5 Å². The molecule has 2 heterocycles. The maximum absolute atomic E-state index is 11.0. The van der Waals surface area contributed by atoms with Gasteiger partial charge in [0.25, 0.3) is 0 Å². The Hall–Kier alpha value is -1.89. The molecule has 0 saturated carbocycles. The molecule has 0 bridgehead atoms. The zero-order chi connectivity index (χ0) is 11.7. The molecule has 0 unspecified atom stereocenters. The number of nitrogens with two attached hydrogens (primary N) is 1. The van der Waals surface area contributed by atoms with Crippen molar-refractivity contribution in [1.29, 1.82) is 0 Å². The lowest BCUT2D eigenvalue weighted by atomic mass is 10.3. The quantitative estimate of drug-likeness (QED) is 0.749. The number of rotatable bonds is 3. The van der Waals surface area contributed by atoms with Crippen molar-refractivity contribution in [1.82, 2.24) is 15.2 Å². The summed E-state index contributed by atoms with van der Waals surface area (Å²) in [6.45, 7) is 1.87. The van der Waals surface area contributed by atoms with Crippen molar-refractivity contribution in [3.63, 3.8) is 0 Å². The van der Waals surface area contributed by atoms with Crippen LogP contribution in [0.2, 0.25) is 0 Å². The number of hydrogen-bond acceptors (Lipinski definition) is 5. The van der Waals surface area contributed by atoms with Crippen LogP contribution in [-0.2, 0) is 6.42 Å². The fourth-order valence-corrected chi connectivity index (χ4v) is 2.36. The highest BCUT2D eigenvalue weighted by atomic mass is 32.1. The molecule has 4 N–H and O–H groups in total. The fourth-order valence-electron chi connectivity index (χ4n) is 1.34. The zero-order valence-corrected chi connectivity index (χ0v) is 9.34. The van der Waals surface area contributed by atoms with E-state index in [-0.39, 0.29) is 4.88 Å². The van der Waals surface area contributed by atoms with E-state index in [2.05, 4.69) is 15.2 Å². The summed E-state index contributed by atoms with van der Waals surface area (Å²) in [4.78, 5) is 15.5. The van der Waals surface area contributed by atoms with Crippen molar-refractivity contribution in [3.8, 4) is 10.6 Å². The van der Waals surface area contributed by atoms with Crippen molar-refractivity contribution in [2.75, 3.05) is 5.73 Å². The lowest BCUT2D eigenvalue weighted by molar-refractivity contribution is 0.0701. The normalized spacial score (nSPS) is 10.6. The number of thiazole rings is 1. The highest BCUT2D eigenvalue weighted by molar-refractivity contribution is 7.17. The second kappa shape index (κ2) is 3.93. The number of aromatic carboxylic acids is 1. The van der Waals surface area contributed by atoms with Gasteiger partial charge in [-0.2, -0.15) is 5.10 Å². The van der Waals surface area contributed by atoms with Crippen molar-refractivity contribution in [2.24, 2.45) is 0 Å². The number of H-pyrrole nitrogens is 1. The van der Waals surface area contributed by atoms with E-state index in [1.807, 2.05) is 6.92 Å². The predicted octanol–water partition coefficient (Wildman–Crippen LogP) is 1.38. The summed E-state index contributed by atoms with van der Waals surface area (Å²) in [7, 11) is 0. The van der Waals surface area contributed by atoms with E-state index >= 15 is 0 Å². The standard InChI is InChI=1S/C9H10N4O2S/c1-2-5-6(9(14)15)16-8(12-5)4-3-11-13-7(4)10/h3H,2H2,1H3,(H,14,15)(H3,10,11,13). The molecule has 0 aromatic carbocycles. The van der Waals surface area contributed by atoms with Crippen LogP contribution in [0.15, 0.2) is 6.20 Å². The zero-order valence-electron chi connectivity index (χ0n) is 8.52. The Balaban J connectivity index is 2.52. The van der Waals surface area contributed by atoms with E-state index in [9.17, 15) is 4.79 Å². The van der Waals surface area contributed by atoms with Gasteiger partial charge in [0, 0.05) is 0 Å². The van der Waals surface area contributed by atoms with Crippen LogP contribution in [0.5, 0.6) is 0 Å². The number of carbonyl (C=O) groups is 1. The third-order valence-electron chi connectivity index (χ3n) is 2.13. The molecule has 0 amide bonds. The molecule has 16 heavy (non-hydrogen) atoms. The summed E-state index contributed by atoms with van der Waals surface area (Å²) < 4.78 is 0. The molecule has 2 rings (SSSR count). The SMILES string of the molecule is CCc1nc(-c2cn[nH]c2N)sc1C(=O)O. The Labute approximate surface area is 95.1 Å². The lowest BCUT2D eigenvalue weighted by Gasteiger charge is -1.90. The first-order valence-electron chi connectivity index (χ1n) is 4.65. The summed E-state index contributed by atoms with van der Waals surface area (Å²) >= 11 is 1.11. The third-order valence-corrected chi connectivity index (χ3v) is 3.24. The van der Waals surface area contributed by atoms with Gasteiger partial charge in [-0.05, 0) is 6.42 Å². The van der Waals surface area contributed by atoms with E-state index in [4.69, 9.17) is 10.8 Å². The van der Waals surface area contributed by atoms with Crippen molar-refractivity contribution >= 4 is 23.1 Å². The summed E-state index contributed by atoms with van der Waals surface area (Å²) in [5, 5.41) is 15.9. The van der Waals surface area contributed by atoms with Crippen LogP contribution < -0.4 is 5.73 Å². The van der Waals surface area contributed by atoms with Crippen LogP contribution in [0.4, 0.5) is 5.82 Å². The topological polar surface area (TPSA) is 105 Å². The lowest BCUT2D eigenvalue weighted by Crippen LogP contribution is -1.97. The van der Waals surface area contributed by atoms with Crippen molar-refractivity contribution in [3.05, 3.63) is 16.8 Å². The first-order valence-corrected chi connectivity index (χ1v) is 5.47. The molecular weight excluding hydrogens is 228 g/mol. The smallest absolute Gasteiger partial charge is 0.347 e. The van der Waals surface area contributed by atoms with Gasteiger partial charge in [-0.25, -0.2) is 9.78 Å². The van der Waals surface area contributed by atoms with Gasteiger partial charge in [-0.15, -0.1) is 11.3 Å². The molecular formula is C9H10N4O2S. The molecule has 2 aromatic heterocycles. The highest BCUT2D eigenvalue weighted by Crippen LogP contribution is 2.30. The summed E-state index contributed by atoms with van der Waals surface area (Å²) in [6, 6.07) is 0. The molecule has 0 aliphatic carbocycles. The number of nitrogens with one attached hydrogen (secondary N) is 1.